The molecule has 0 radical (unpaired) electrons. The van der Waals surface area contributed by atoms with E-state index in [-0.39, 0.29) is 18.1 Å². The first-order valence-electron chi connectivity index (χ1n) is 7.07. The van der Waals surface area contributed by atoms with Crippen LogP contribution in [0.25, 0.3) is 0 Å². The normalized spacial score (nSPS) is 11.1. The van der Waals surface area contributed by atoms with Crippen LogP contribution in [0.1, 0.15) is 11.3 Å². The number of thiazole rings is 1. The zero-order valence-corrected chi connectivity index (χ0v) is 14.2. The topological polar surface area (TPSA) is 74.3 Å². The Bertz CT molecular complexity index is 776. The summed E-state index contributed by atoms with van der Waals surface area (Å²) in [7, 11) is 3.01. The molecule has 10 heteroatoms. The Balaban J connectivity index is 2.02. The fraction of sp³-hybridized carbons (Fsp3) is 0.267. The predicted octanol–water partition coefficient (Wildman–Crippen LogP) is 3.12. The molecule has 25 heavy (non-hydrogen) atoms. The van der Waals surface area contributed by atoms with Gasteiger partial charge in [0.2, 0.25) is 5.91 Å². The molecule has 0 unspecified atom stereocenters. The monoisotopic (exact) mass is 372 g/mol. The Labute approximate surface area is 145 Å². The quantitative estimate of drug-likeness (QED) is 0.866. The largest absolute Gasteiger partial charge is 0.416 e. The molecule has 134 valence electrons. The van der Waals surface area contributed by atoms with E-state index in [0.29, 0.717) is 10.8 Å². The van der Waals surface area contributed by atoms with Crippen LogP contribution in [0.3, 0.4) is 0 Å². The average Bonchev–Trinajstić information content (AvgIpc) is 3.01. The number of urea groups is 1. The molecule has 0 atom stereocenters. The molecule has 3 amide bonds. The van der Waals surface area contributed by atoms with Gasteiger partial charge < -0.3 is 10.6 Å². The Morgan fingerprint density at radius 3 is 2.68 bits per heavy atom. The molecular formula is C15H15F3N4O2S. The van der Waals surface area contributed by atoms with Crippen LogP contribution in [0.5, 0.6) is 0 Å². The third-order valence-corrected chi connectivity index (χ3v) is 4.13. The van der Waals surface area contributed by atoms with Gasteiger partial charge in [0.25, 0.3) is 0 Å². The zero-order chi connectivity index (χ0) is 18.6. The molecule has 1 aromatic carbocycles. The van der Waals surface area contributed by atoms with Gasteiger partial charge >= 0.3 is 12.2 Å². The maximum Gasteiger partial charge on any atom is 0.416 e. The Hall–Kier alpha value is -2.62. The number of hydrogen-bond acceptors (Lipinski definition) is 4. The lowest BCUT2D eigenvalue weighted by molar-refractivity contribution is -0.137. The van der Waals surface area contributed by atoms with Gasteiger partial charge in [0.05, 0.1) is 17.7 Å². The fourth-order valence-electron chi connectivity index (χ4n) is 1.93. The van der Waals surface area contributed by atoms with Gasteiger partial charge in [0.15, 0.2) is 5.13 Å². The van der Waals surface area contributed by atoms with Gasteiger partial charge in [-0.25, -0.2) is 9.78 Å². The van der Waals surface area contributed by atoms with E-state index < -0.39 is 17.6 Å². The van der Waals surface area contributed by atoms with Gasteiger partial charge in [-0.15, -0.1) is 11.3 Å². The molecule has 0 aliphatic carbocycles. The van der Waals surface area contributed by atoms with Crippen LogP contribution in [-0.4, -0.2) is 31.0 Å². The highest BCUT2D eigenvalue weighted by atomic mass is 32.1. The van der Waals surface area contributed by atoms with Gasteiger partial charge in [-0.2, -0.15) is 13.2 Å². The minimum Gasteiger partial charge on any atom is -0.341 e. The van der Waals surface area contributed by atoms with E-state index in [2.05, 4.69) is 15.6 Å². The van der Waals surface area contributed by atoms with Crippen LogP contribution >= 0.6 is 11.3 Å². The van der Waals surface area contributed by atoms with Crippen molar-refractivity contribution in [3.8, 4) is 0 Å². The standard InChI is InChI=1S/C15H15F3N4O2S/c1-19-13(24)22(2)14-21-11(8-25-14)7-12(23)20-10-5-3-4-9(6-10)15(16,17)18/h3-6,8H,7H2,1-2H3,(H,19,24)(H,20,23). The number of halogens is 3. The number of amides is 3. The average molecular weight is 372 g/mol. The van der Waals surface area contributed by atoms with Crippen molar-refractivity contribution in [1.29, 1.82) is 0 Å². The zero-order valence-electron chi connectivity index (χ0n) is 13.3. The molecule has 2 N–H and O–H groups in total. The van der Waals surface area contributed by atoms with Crippen molar-refractivity contribution in [1.82, 2.24) is 10.3 Å². The SMILES string of the molecule is CNC(=O)N(C)c1nc(CC(=O)Nc2cccc(C(F)(F)F)c2)cs1. The van der Waals surface area contributed by atoms with Crippen LogP contribution in [0.2, 0.25) is 0 Å². The number of alkyl halides is 3. The van der Waals surface area contributed by atoms with Gasteiger partial charge in [-0.1, -0.05) is 6.07 Å². The summed E-state index contributed by atoms with van der Waals surface area (Å²) in [5.74, 6) is -0.501. The van der Waals surface area contributed by atoms with Gasteiger partial charge in [-0.3, -0.25) is 9.69 Å². The fourth-order valence-corrected chi connectivity index (χ4v) is 2.72. The van der Waals surface area contributed by atoms with E-state index in [9.17, 15) is 22.8 Å². The number of carbonyl (C=O) groups excluding carboxylic acids is 2. The maximum absolute atomic E-state index is 12.7. The molecule has 2 aromatic rings. The van der Waals surface area contributed by atoms with Crippen molar-refractivity contribution >= 4 is 34.1 Å². The van der Waals surface area contributed by atoms with Crippen molar-refractivity contribution in [2.75, 3.05) is 24.3 Å². The number of anilines is 2. The smallest absolute Gasteiger partial charge is 0.341 e. The minimum atomic E-state index is -4.48. The Kier molecular flexibility index (Phi) is 5.62. The molecule has 0 saturated carbocycles. The summed E-state index contributed by atoms with van der Waals surface area (Å²) in [6, 6.07) is 4.03. The molecule has 0 aliphatic rings. The first-order valence-corrected chi connectivity index (χ1v) is 7.95. The first kappa shape index (κ1) is 18.7. The first-order chi connectivity index (χ1) is 11.7. The summed E-state index contributed by atoms with van der Waals surface area (Å²) in [6.45, 7) is 0. The van der Waals surface area contributed by atoms with Crippen molar-refractivity contribution < 1.29 is 22.8 Å². The summed E-state index contributed by atoms with van der Waals surface area (Å²) < 4.78 is 38.0. The summed E-state index contributed by atoms with van der Waals surface area (Å²) in [4.78, 5) is 29.0. The second kappa shape index (κ2) is 7.51. The Morgan fingerprint density at radius 1 is 1.32 bits per heavy atom. The van der Waals surface area contributed by atoms with Gasteiger partial charge in [0, 0.05) is 25.2 Å². The number of nitrogens with one attached hydrogen (secondary N) is 2. The van der Waals surface area contributed by atoms with E-state index in [4.69, 9.17) is 0 Å². The van der Waals surface area contributed by atoms with Crippen molar-refractivity contribution in [2.24, 2.45) is 0 Å². The molecular weight excluding hydrogens is 357 g/mol. The number of nitrogens with zero attached hydrogens (tertiary/aromatic N) is 2. The molecule has 0 saturated heterocycles. The lowest BCUT2D eigenvalue weighted by atomic mass is 10.2. The minimum absolute atomic E-state index is 0.0535. The predicted molar refractivity (Wildman–Crippen MR) is 88.8 cm³/mol. The number of benzene rings is 1. The number of hydrogen-bond donors (Lipinski definition) is 2. The molecule has 0 spiro atoms. The number of rotatable bonds is 4. The van der Waals surface area contributed by atoms with Crippen molar-refractivity contribution in [2.45, 2.75) is 12.6 Å². The molecule has 0 fully saturated rings. The highest BCUT2D eigenvalue weighted by Gasteiger charge is 2.30. The number of carbonyl (C=O) groups is 2. The summed E-state index contributed by atoms with van der Waals surface area (Å²) in [5.41, 5.74) is -0.369. The second-order valence-electron chi connectivity index (χ2n) is 5.04. The lowest BCUT2D eigenvalue weighted by Gasteiger charge is -2.12. The summed E-state index contributed by atoms with van der Waals surface area (Å²) in [6.07, 6.45) is -4.59. The second-order valence-corrected chi connectivity index (χ2v) is 5.88. The molecule has 6 nitrogen and oxygen atoms in total. The van der Waals surface area contributed by atoms with Crippen LogP contribution in [0, 0.1) is 0 Å². The van der Waals surface area contributed by atoms with Crippen LogP contribution < -0.4 is 15.5 Å². The van der Waals surface area contributed by atoms with E-state index in [1.807, 2.05) is 0 Å². The highest BCUT2D eigenvalue weighted by molar-refractivity contribution is 7.14. The molecule has 0 bridgehead atoms. The lowest BCUT2D eigenvalue weighted by Crippen LogP contribution is -2.34. The van der Waals surface area contributed by atoms with Crippen LogP contribution in [0.4, 0.5) is 28.8 Å². The van der Waals surface area contributed by atoms with Crippen molar-refractivity contribution in [3.63, 3.8) is 0 Å². The van der Waals surface area contributed by atoms with E-state index in [1.165, 1.54) is 42.5 Å². The molecule has 0 aliphatic heterocycles. The molecule has 1 aromatic heterocycles. The summed E-state index contributed by atoms with van der Waals surface area (Å²) >= 11 is 1.18. The van der Waals surface area contributed by atoms with E-state index in [1.54, 1.807) is 5.38 Å². The number of aromatic nitrogens is 1. The van der Waals surface area contributed by atoms with Crippen molar-refractivity contribution in [3.05, 3.63) is 40.9 Å². The molecule has 1 heterocycles. The third-order valence-electron chi connectivity index (χ3n) is 3.16. The summed E-state index contributed by atoms with van der Waals surface area (Å²) in [5, 5.41) is 6.87. The highest BCUT2D eigenvalue weighted by Crippen LogP contribution is 2.30. The van der Waals surface area contributed by atoms with Crippen LogP contribution in [-0.2, 0) is 17.4 Å². The molecule has 2 rings (SSSR count). The Morgan fingerprint density at radius 2 is 2.04 bits per heavy atom. The van der Waals surface area contributed by atoms with Gasteiger partial charge in [-0.05, 0) is 18.2 Å². The van der Waals surface area contributed by atoms with Gasteiger partial charge in [0.1, 0.15) is 0 Å². The van der Waals surface area contributed by atoms with Crippen LogP contribution in [0.15, 0.2) is 29.6 Å². The van der Waals surface area contributed by atoms with E-state index >= 15 is 0 Å². The van der Waals surface area contributed by atoms with E-state index in [0.717, 1.165) is 12.1 Å². The third kappa shape index (κ3) is 4.92. The maximum atomic E-state index is 12.7.